The third-order valence-electron chi connectivity index (χ3n) is 3.87. The van der Waals surface area contributed by atoms with E-state index in [-0.39, 0.29) is 17.0 Å². The first kappa shape index (κ1) is 15.3. The Morgan fingerprint density at radius 3 is 2.83 bits per heavy atom. The van der Waals surface area contributed by atoms with Gasteiger partial charge in [0, 0.05) is 18.9 Å². The maximum atomic E-state index is 13.9. The number of Topliss-reactive ketones (excluding diaryl/α,β-unsaturated/α-hetero) is 1. The van der Waals surface area contributed by atoms with Gasteiger partial charge in [0.05, 0.1) is 23.9 Å². The van der Waals surface area contributed by atoms with Crippen molar-refractivity contribution in [3.05, 3.63) is 47.2 Å². The van der Waals surface area contributed by atoms with Crippen LogP contribution in [0.1, 0.15) is 45.7 Å². The average Bonchev–Trinajstić information content (AvgIpc) is 2.89. The molecule has 1 aromatic heterocycles. The number of hydrogen-bond donors (Lipinski definition) is 1. The van der Waals surface area contributed by atoms with E-state index >= 15 is 0 Å². The molecule has 2 aromatic rings. The van der Waals surface area contributed by atoms with Crippen LogP contribution >= 0.6 is 0 Å². The van der Waals surface area contributed by atoms with Crippen LogP contribution in [0.15, 0.2) is 28.9 Å². The highest BCUT2D eigenvalue weighted by Gasteiger charge is 2.26. The molecule has 0 saturated heterocycles. The summed E-state index contributed by atoms with van der Waals surface area (Å²) in [5, 5.41) is 2.47. The van der Waals surface area contributed by atoms with Gasteiger partial charge < -0.3 is 14.5 Å². The molecule has 0 fully saturated rings. The van der Waals surface area contributed by atoms with Crippen molar-refractivity contribution in [3.8, 4) is 5.75 Å². The second-order valence-electron chi connectivity index (χ2n) is 5.38. The number of ketones is 1. The second kappa shape index (κ2) is 6.24. The third kappa shape index (κ3) is 2.97. The summed E-state index contributed by atoms with van der Waals surface area (Å²) in [6.45, 7) is 0. The lowest BCUT2D eigenvalue weighted by Crippen LogP contribution is -2.16. The molecule has 0 spiro atoms. The molecule has 6 heteroatoms. The van der Waals surface area contributed by atoms with Crippen LogP contribution in [0.5, 0.6) is 5.75 Å². The predicted octanol–water partition coefficient (Wildman–Crippen LogP) is 3.59. The summed E-state index contributed by atoms with van der Waals surface area (Å²) in [6, 6.07) is 4.13. The van der Waals surface area contributed by atoms with Crippen molar-refractivity contribution in [2.45, 2.75) is 25.7 Å². The summed E-state index contributed by atoms with van der Waals surface area (Å²) in [6.07, 6.45) is 3.91. The van der Waals surface area contributed by atoms with Gasteiger partial charge in [0.1, 0.15) is 23.6 Å². The van der Waals surface area contributed by atoms with Crippen LogP contribution in [0, 0.1) is 5.82 Å². The van der Waals surface area contributed by atoms with Gasteiger partial charge in [-0.3, -0.25) is 9.59 Å². The Kier molecular flexibility index (Phi) is 4.14. The van der Waals surface area contributed by atoms with Gasteiger partial charge in [0.25, 0.3) is 5.91 Å². The fraction of sp³-hybridized carbons (Fsp3) is 0.294. The van der Waals surface area contributed by atoms with Gasteiger partial charge in [-0.15, -0.1) is 0 Å². The van der Waals surface area contributed by atoms with Crippen LogP contribution in [0.3, 0.4) is 0 Å². The first-order chi connectivity index (χ1) is 11.1. The Bertz CT molecular complexity index is 766. The summed E-state index contributed by atoms with van der Waals surface area (Å²) in [7, 11) is 1.43. The molecule has 1 N–H and O–H groups in total. The van der Waals surface area contributed by atoms with E-state index < -0.39 is 11.7 Å². The van der Waals surface area contributed by atoms with E-state index in [2.05, 4.69) is 5.32 Å². The summed E-state index contributed by atoms with van der Waals surface area (Å²) < 4.78 is 24.2. The average molecular weight is 317 g/mol. The lowest BCUT2D eigenvalue weighted by molar-refractivity contribution is 0.0964. The molecular formula is C17H16FNO4. The quantitative estimate of drug-likeness (QED) is 0.878. The maximum Gasteiger partial charge on any atom is 0.259 e. The van der Waals surface area contributed by atoms with Crippen molar-refractivity contribution >= 4 is 17.4 Å². The maximum absolute atomic E-state index is 13.9. The smallest absolute Gasteiger partial charge is 0.259 e. The molecule has 120 valence electrons. The molecular weight excluding hydrogens is 301 g/mol. The number of hydrogen-bond acceptors (Lipinski definition) is 4. The number of ether oxygens (including phenoxy) is 1. The van der Waals surface area contributed by atoms with Crippen LogP contribution in [0.25, 0.3) is 0 Å². The number of rotatable bonds is 3. The number of carbonyl (C=O) groups excluding carboxylic acids is 2. The van der Waals surface area contributed by atoms with E-state index in [0.717, 1.165) is 12.8 Å². The lowest BCUT2D eigenvalue weighted by atomic mass is 10.0. The summed E-state index contributed by atoms with van der Waals surface area (Å²) in [4.78, 5) is 24.6. The summed E-state index contributed by atoms with van der Waals surface area (Å²) in [5.41, 5.74) is 0.503. The molecule has 1 aliphatic carbocycles. The van der Waals surface area contributed by atoms with E-state index in [9.17, 15) is 14.0 Å². The molecule has 0 saturated carbocycles. The summed E-state index contributed by atoms with van der Waals surface area (Å²) >= 11 is 0. The third-order valence-corrected chi connectivity index (χ3v) is 3.87. The Labute approximate surface area is 132 Å². The van der Waals surface area contributed by atoms with Crippen LogP contribution < -0.4 is 10.1 Å². The topological polar surface area (TPSA) is 68.5 Å². The lowest BCUT2D eigenvalue weighted by Gasteiger charge is -2.08. The number of furan rings is 1. The molecule has 0 aliphatic heterocycles. The Morgan fingerprint density at radius 1 is 1.30 bits per heavy atom. The highest BCUT2D eigenvalue weighted by Crippen LogP contribution is 2.27. The fourth-order valence-electron chi connectivity index (χ4n) is 2.66. The molecule has 0 unspecified atom stereocenters. The number of halogens is 1. The number of anilines is 1. The van der Waals surface area contributed by atoms with Crippen molar-refractivity contribution in [1.29, 1.82) is 0 Å². The largest absolute Gasteiger partial charge is 0.497 e. The van der Waals surface area contributed by atoms with Gasteiger partial charge in [0.2, 0.25) is 0 Å². The molecule has 0 atom stereocenters. The molecule has 1 amide bonds. The Balaban J connectivity index is 1.87. The van der Waals surface area contributed by atoms with Crippen LogP contribution in [0.2, 0.25) is 0 Å². The zero-order valence-electron chi connectivity index (χ0n) is 12.6. The minimum atomic E-state index is -0.612. The van der Waals surface area contributed by atoms with Gasteiger partial charge >= 0.3 is 0 Å². The second-order valence-corrected chi connectivity index (χ2v) is 5.38. The van der Waals surface area contributed by atoms with Crippen LogP contribution in [-0.4, -0.2) is 18.8 Å². The van der Waals surface area contributed by atoms with Gasteiger partial charge in [0.15, 0.2) is 5.78 Å². The van der Waals surface area contributed by atoms with E-state index in [1.807, 2.05) is 0 Å². The number of amides is 1. The zero-order valence-corrected chi connectivity index (χ0v) is 12.6. The summed E-state index contributed by atoms with van der Waals surface area (Å²) in [5.74, 6) is -0.389. The first-order valence-corrected chi connectivity index (χ1v) is 7.38. The van der Waals surface area contributed by atoms with Crippen molar-refractivity contribution in [1.82, 2.24) is 0 Å². The van der Waals surface area contributed by atoms with Crippen molar-refractivity contribution in [3.63, 3.8) is 0 Å². The van der Waals surface area contributed by atoms with Gasteiger partial charge in [-0.2, -0.15) is 0 Å². The molecule has 23 heavy (non-hydrogen) atoms. The monoisotopic (exact) mass is 317 g/mol. The number of carbonyl (C=O) groups is 2. The number of nitrogens with one attached hydrogen (secondary N) is 1. The molecule has 5 nitrogen and oxygen atoms in total. The molecule has 3 rings (SSSR count). The molecule has 0 bridgehead atoms. The zero-order chi connectivity index (χ0) is 16.4. The van der Waals surface area contributed by atoms with Crippen molar-refractivity contribution in [2.24, 2.45) is 0 Å². The number of aryl methyl sites for hydroxylation is 1. The Morgan fingerprint density at radius 2 is 2.09 bits per heavy atom. The van der Waals surface area contributed by atoms with E-state index in [0.29, 0.717) is 29.9 Å². The number of benzene rings is 1. The first-order valence-electron chi connectivity index (χ1n) is 7.38. The molecule has 0 radical (unpaired) electrons. The number of methoxy groups -OCH3 is 1. The van der Waals surface area contributed by atoms with Gasteiger partial charge in [-0.1, -0.05) is 0 Å². The highest BCUT2D eigenvalue weighted by atomic mass is 19.1. The predicted molar refractivity (Wildman–Crippen MR) is 81.5 cm³/mol. The molecule has 1 aromatic carbocycles. The highest BCUT2D eigenvalue weighted by molar-refractivity contribution is 6.13. The standard InChI is InChI=1S/C17H16FNO4/c1-22-10-6-7-13(12(18)8-10)19-17(21)11-9-23-15-5-3-2-4-14(20)16(11)15/h6-9H,2-5H2,1H3,(H,19,21). The number of fused-ring (bicyclic) bond motifs is 1. The normalized spacial score (nSPS) is 14.1. The minimum Gasteiger partial charge on any atom is -0.497 e. The van der Waals surface area contributed by atoms with Gasteiger partial charge in [-0.25, -0.2) is 4.39 Å². The van der Waals surface area contributed by atoms with Crippen molar-refractivity contribution < 1.29 is 23.1 Å². The Hall–Kier alpha value is -2.63. The fourth-order valence-corrected chi connectivity index (χ4v) is 2.66. The van der Waals surface area contributed by atoms with Crippen LogP contribution in [-0.2, 0) is 6.42 Å². The van der Waals surface area contributed by atoms with Crippen molar-refractivity contribution in [2.75, 3.05) is 12.4 Å². The van der Waals surface area contributed by atoms with Crippen LogP contribution in [0.4, 0.5) is 10.1 Å². The molecule has 1 aliphatic rings. The van der Waals surface area contributed by atoms with E-state index in [1.54, 1.807) is 6.07 Å². The minimum absolute atomic E-state index is 0.0202. The molecule has 1 heterocycles. The van der Waals surface area contributed by atoms with E-state index in [4.69, 9.17) is 9.15 Å². The SMILES string of the molecule is COc1ccc(NC(=O)c2coc3c2C(=O)CCCC3)c(F)c1. The van der Waals surface area contributed by atoms with Gasteiger partial charge in [-0.05, 0) is 25.0 Å². The van der Waals surface area contributed by atoms with E-state index in [1.165, 1.54) is 25.5 Å².